The predicted octanol–water partition coefficient (Wildman–Crippen LogP) is 4.71. The van der Waals surface area contributed by atoms with Crippen LogP contribution in [-0.4, -0.2) is 14.9 Å². The van der Waals surface area contributed by atoms with E-state index in [0.717, 1.165) is 5.56 Å². The Bertz CT molecular complexity index is 449. The number of hydrogen-bond acceptors (Lipinski definition) is 3. The molecule has 0 radical (unpaired) electrons. The normalized spacial score (nSPS) is 11.9. The first-order chi connectivity index (χ1) is 9.40. The van der Waals surface area contributed by atoms with Crippen molar-refractivity contribution >= 4 is 19.9 Å². The van der Waals surface area contributed by atoms with Crippen molar-refractivity contribution in [2.24, 2.45) is 0 Å². The summed E-state index contributed by atoms with van der Waals surface area (Å²) in [6, 6.07) is 7.49. The topological polar surface area (TPSA) is 27.7 Å². The fourth-order valence-corrected chi connectivity index (χ4v) is 2.15. The molecule has 0 aromatic heterocycles. The zero-order valence-electron chi connectivity index (χ0n) is 12.2. The van der Waals surface area contributed by atoms with Crippen LogP contribution in [0.4, 0.5) is 0 Å². The van der Waals surface area contributed by atoms with Crippen LogP contribution in [-0.2, 0) is 20.5 Å². The molecule has 0 aliphatic rings. The summed E-state index contributed by atoms with van der Waals surface area (Å²) in [4.78, 5) is 0. The van der Waals surface area contributed by atoms with Gasteiger partial charge in [0.25, 0.3) is 0 Å². The maximum Gasteiger partial charge on any atom is 0.302 e. The second kappa shape index (κ2) is 8.02. The van der Waals surface area contributed by atoms with Gasteiger partial charge in [0.05, 0.1) is 0 Å². The molecular formula is C15H21ClO3Si. The SMILES string of the molecule is C=CCO/C=C(/OCc1ccc(Cl)cc1)O[Si](C)(C)C. The second-order valence-corrected chi connectivity index (χ2v) is 10.1. The van der Waals surface area contributed by atoms with Gasteiger partial charge in [-0.05, 0) is 37.3 Å². The van der Waals surface area contributed by atoms with Crippen molar-refractivity contribution in [1.82, 2.24) is 0 Å². The first kappa shape index (κ1) is 16.7. The molecule has 1 aromatic rings. The molecule has 0 spiro atoms. The lowest BCUT2D eigenvalue weighted by Gasteiger charge is -2.21. The Balaban J connectivity index is 2.61. The van der Waals surface area contributed by atoms with E-state index in [0.29, 0.717) is 24.2 Å². The number of benzene rings is 1. The Hall–Kier alpha value is -1.39. The maximum absolute atomic E-state index is 5.85. The van der Waals surface area contributed by atoms with Crippen molar-refractivity contribution in [3.8, 4) is 0 Å². The van der Waals surface area contributed by atoms with Gasteiger partial charge in [-0.2, -0.15) is 0 Å². The molecule has 3 nitrogen and oxygen atoms in total. The van der Waals surface area contributed by atoms with Gasteiger partial charge in [-0.1, -0.05) is 36.4 Å². The zero-order chi connectivity index (χ0) is 15.0. The molecule has 5 heteroatoms. The largest absolute Gasteiger partial charge is 0.518 e. The molecule has 0 bridgehead atoms. The molecule has 0 unspecified atom stereocenters. The van der Waals surface area contributed by atoms with Gasteiger partial charge < -0.3 is 13.9 Å². The minimum Gasteiger partial charge on any atom is -0.518 e. The van der Waals surface area contributed by atoms with E-state index in [4.69, 9.17) is 25.5 Å². The second-order valence-electron chi connectivity index (χ2n) is 5.19. The van der Waals surface area contributed by atoms with E-state index in [1.165, 1.54) is 6.26 Å². The number of hydrogen-bond donors (Lipinski definition) is 0. The van der Waals surface area contributed by atoms with Crippen molar-refractivity contribution in [3.05, 3.63) is 59.7 Å². The summed E-state index contributed by atoms with van der Waals surface area (Å²) in [6.07, 6.45) is 3.16. The van der Waals surface area contributed by atoms with Crippen molar-refractivity contribution in [3.63, 3.8) is 0 Å². The molecule has 0 aliphatic carbocycles. The van der Waals surface area contributed by atoms with Crippen molar-refractivity contribution in [2.45, 2.75) is 26.2 Å². The molecule has 0 saturated carbocycles. The van der Waals surface area contributed by atoms with Gasteiger partial charge in [0.1, 0.15) is 13.2 Å². The monoisotopic (exact) mass is 312 g/mol. The standard InChI is InChI=1S/C15H21ClO3Si/c1-5-10-17-12-15(19-20(2,3)4)18-11-13-6-8-14(16)9-7-13/h5-9,12H,1,10-11H2,2-4H3/b15-12-. The van der Waals surface area contributed by atoms with Crippen LogP contribution in [0.2, 0.25) is 24.7 Å². The third kappa shape index (κ3) is 7.26. The van der Waals surface area contributed by atoms with E-state index in [9.17, 15) is 0 Å². The highest BCUT2D eigenvalue weighted by Crippen LogP contribution is 2.15. The fourth-order valence-electron chi connectivity index (χ4n) is 1.31. The van der Waals surface area contributed by atoms with Gasteiger partial charge in [0, 0.05) is 5.02 Å². The molecule has 110 valence electrons. The number of halogens is 1. The van der Waals surface area contributed by atoms with E-state index in [2.05, 4.69) is 26.2 Å². The molecule has 1 aromatic carbocycles. The predicted molar refractivity (Wildman–Crippen MR) is 84.9 cm³/mol. The molecule has 0 aliphatic heterocycles. The Labute approximate surface area is 126 Å². The van der Waals surface area contributed by atoms with Gasteiger partial charge in [-0.25, -0.2) is 0 Å². The van der Waals surface area contributed by atoms with Gasteiger partial charge in [-0.3, -0.25) is 0 Å². The summed E-state index contributed by atoms with van der Waals surface area (Å²) < 4.78 is 16.8. The maximum atomic E-state index is 5.85. The first-order valence-corrected chi connectivity index (χ1v) is 10.2. The van der Waals surface area contributed by atoms with Crippen molar-refractivity contribution < 1.29 is 13.9 Å². The lowest BCUT2D eigenvalue weighted by Crippen LogP contribution is -2.25. The highest BCUT2D eigenvalue weighted by Gasteiger charge is 2.19. The first-order valence-electron chi connectivity index (χ1n) is 6.39. The van der Waals surface area contributed by atoms with E-state index in [1.54, 1.807) is 6.08 Å². The molecule has 20 heavy (non-hydrogen) atoms. The third-order valence-corrected chi connectivity index (χ3v) is 3.16. The summed E-state index contributed by atoms with van der Waals surface area (Å²) in [5.41, 5.74) is 1.02. The zero-order valence-corrected chi connectivity index (χ0v) is 13.9. The van der Waals surface area contributed by atoms with Gasteiger partial charge >= 0.3 is 5.95 Å². The molecule has 0 amide bonds. The van der Waals surface area contributed by atoms with Crippen molar-refractivity contribution in [1.29, 1.82) is 0 Å². The van der Waals surface area contributed by atoms with Crippen LogP contribution in [0.5, 0.6) is 0 Å². The van der Waals surface area contributed by atoms with Gasteiger partial charge in [-0.15, -0.1) is 0 Å². The summed E-state index contributed by atoms with van der Waals surface area (Å²) in [7, 11) is -1.75. The van der Waals surface area contributed by atoms with E-state index >= 15 is 0 Å². The average molecular weight is 313 g/mol. The smallest absolute Gasteiger partial charge is 0.302 e. The Morgan fingerprint density at radius 3 is 2.45 bits per heavy atom. The minimum atomic E-state index is -1.75. The van der Waals surface area contributed by atoms with Crippen LogP contribution in [0.15, 0.2) is 49.1 Å². The molecule has 0 atom stereocenters. The molecule has 0 saturated heterocycles. The lowest BCUT2D eigenvalue weighted by molar-refractivity contribution is 0.0751. The highest BCUT2D eigenvalue weighted by atomic mass is 35.5. The van der Waals surface area contributed by atoms with Crippen LogP contribution in [0.25, 0.3) is 0 Å². The summed E-state index contributed by atoms with van der Waals surface area (Å²) in [5, 5.41) is 0.706. The van der Waals surface area contributed by atoms with E-state index in [-0.39, 0.29) is 0 Å². The average Bonchev–Trinajstić information content (AvgIpc) is 2.36. The highest BCUT2D eigenvalue weighted by molar-refractivity contribution is 6.69. The van der Waals surface area contributed by atoms with Crippen LogP contribution >= 0.6 is 11.6 Å². The lowest BCUT2D eigenvalue weighted by atomic mass is 10.2. The fraction of sp³-hybridized carbons (Fsp3) is 0.333. The van der Waals surface area contributed by atoms with Crippen LogP contribution < -0.4 is 0 Å². The Morgan fingerprint density at radius 2 is 1.90 bits per heavy atom. The van der Waals surface area contributed by atoms with Crippen LogP contribution in [0.3, 0.4) is 0 Å². The Morgan fingerprint density at radius 1 is 1.25 bits per heavy atom. The summed E-state index contributed by atoms with van der Waals surface area (Å²) >= 11 is 5.85. The number of rotatable bonds is 8. The van der Waals surface area contributed by atoms with E-state index < -0.39 is 8.32 Å². The van der Waals surface area contributed by atoms with E-state index in [1.807, 2.05) is 24.3 Å². The quantitative estimate of drug-likeness (QED) is 0.301. The Kier molecular flexibility index (Phi) is 6.68. The van der Waals surface area contributed by atoms with Crippen molar-refractivity contribution in [2.75, 3.05) is 6.61 Å². The number of ether oxygens (including phenoxy) is 2. The van der Waals surface area contributed by atoms with Gasteiger partial charge in [0.2, 0.25) is 8.32 Å². The summed E-state index contributed by atoms with van der Waals surface area (Å²) in [5.74, 6) is 0.404. The van der Waals surface area contributed by atoms with Crippen LogP contribution in [0.1, 0.15) is 5.56 Å². The van der Waals surface area contributed by atoms with Gasteiger partial charge in [0.15, 0.2) is 6.26 Å². The third-order valence-electron chi connectivity index (χ3n) is 2.09. The minimum absolute atomic E-state index is 0.404. The molecular weight excluding hydrogens is 292 g/mol. The molecule has 1 rings (SSSR count). The molecule has 0 N–H and O–H groups in total. The van der Waals surface area contributed by atoms with Crippen LogP contribution in [0, 0.1) is 0 Å². The molecule has 0 fully saturated rings. The molecule has 0 heterocycles. The summed E-state index contributed by atoms with van der Waals surface area (Å²) in [6.45, 7) is 10.7.